The zero-order valence-corrected chi connectivity index (χ0v) is 10.9. The van der Waals surface area contributed by atoms with Gasteiger partial charge in [0.15, 0.2) is 5.78 Å². The van der Waals surface area contributed by atoms with E-state index >= 15 is 0 Å². The van der Waals surface area contributed by atoms with Crippen LogP contribution < -0.4 is 4.74 Å². The molecule has 16 heavy (non-hydrogen) atoms. The van der Waals surface area contributed by atoms with Gasteiger partial charge in [-0.15, -0.1) is 11.6 Å². The summed E-state index contributed by atoms with van der Waals surface area (Å²) in [6.07, 6.45) is 0.643. The highest BCUT2D eigenvalue weighted by Gasteiger charge is 2.17. The third-order valence-corrected chi connectivity index (χ3v) is 3.10. The first kappa shape index (κ1) is 13.0. The van der Waals surface area contributed by atoms with Gasteiger partial charge in [0.05, 0.1) is 12.5 Å². The summed E-state index contributed by atoms with van der Waals surface area (Å²) in [6, 6.07) is 3.67. The predicted molar refractivity (Wildman–Crippen MR) is 66.7 cm³/mol. The monoisotopic (exact) mass is 240 g/mol. The van der Waals surface area contributed by atoms with Gasteiger partial charge in [0.1, 0.15) is 5.75 Å². The molecule has 0 saturated heterocycles. The molecule has 0 amide bonds. The van der Waals surface area contributed by atoms with E-state index in [0.717, 1.165) is 16.9 Å². The van der Waals surface area contributed by atoms with Gasteiger partial charge in [0.25, 0.3) is 0 Å². The second kappa shape index (κ2) is 5.35. The molecule has 1 aromatic carbocycles. The molecule has 0 aromatic heterocycles. The second-order valence-corrected chi connectivity index (χ2v) is 4.41. The Morgan fingerprint density at radius 2 is 1.88 bits per heavy atom. The number of ketones is 1. The minimum Gasteiger partial charge on any atom is -0.496 e. The molecule has 0 aliphatic rings. The number of halogens is 1. The molecule has 0 heterocycles. The van der Waals surface area contributed by atoms with Gasteiger partial charge in [0.2, 0.25) is 0 Å². The maximum absolute atomic E-state index is 11.9. The first-order valence-electron chi connectivity index (χ1n) is 5.34. The lowest BCUT2D eigenvalue weighted by Gasteiger charge is -2.12. The molecule has 0 spiro atoms. The lowest BCUT2D eigenvalue weighted by molar-refractivity contribution is 0.0985. The van der Waals surface area contributed by atoms with E-state index in [4.69, 9.17) is 16.3 Å². The van der Waals surface area contributed by atoms with Crippen LogP contribution in [0.4, 0.5) is 0 Å². The van der Waals surface area contributed by atoms with E-state index in [2.05, 4.69) is 0 Å². The predicted octanol–water partition coefficient (Wildman–Crippen LogP) is 3.51. The highest BCUT2D eigenvalue weighted by atomic mass is 35.5. The van der Waals surface area contributed by atoms with Crippen LogP contribution >= 0.6 is 11.6 Å². The minimum atomic E-state index is -0.438. The Morgan fingerprint density at radius 3 is 2.25 bits per heavy atom. The van der Waals surface area contributed by atoms with Gasteiger partial charge >= 0.3 is 0 Å². The summed E-state index contributed by atoms with van der Waals surface area (Å²) in [4.78, 5) is 11.9. The Labute approximate surface area is 102 Å². The molecular weight excluding hydrogens is 224 g/mol. The number of hydrogen-bond acceptors (Lipinski definition) is 2. The van der Waals surface area contributed by atoms with Crippen LogP contribution in [0.2, 0.25) is 0 Å². The number of hydrogen-bond donors (Lipinski definition) is 0. The van der Waals surface area contributed by atoms with Gasteiger partial charge in [0, 0.05) is 5.56 Å². The molecule has 0 fully saturated rings. The van der Waals surface area contributed by atoms with Gasteiger partial charge in [-0.1, -0.05) is 6.92 Å². The summed E-state index contributed by atoms with van der Waals surface area (Å²) < 4.78 is 5.25. The number of benzene rings is 1. The number of carbonyl (C=O) groups is 1. The fourth-order valence-electron chi connectivity index (χ4n) is 1.78. The Hall–Kier alpha value is -1.02. The van der Waals surface area contributed by atoms with E-state index in [1.54, 1.807) is 7.11 Å². The molecule has 0 aliphatic carbocycles. The normalized spacial score (nSPS) is 12.3. The van der Waals surface area contributed by atoms with Crippen LogP contribution in [0, 0.1) is 13.8 Å². The van der Waals surface area contributed by atoms with E-state index in [-0.39, 0.29) is 5.78 Å². The molecule has 2 nitrogen and oxygen atoms in total. The number of alkyl halides is 1. The van der Waals surface area contributed by atoms with Crippen molar-refractivity contribution in [3.05, 3.63) is 28.8 Å². The van der Waals surface area contributed by atoms with Crippen molar-refractivity contribution in [2.75, 3.05) is 7.11 Å². The van der Waals surface area contributed by atoms with Crippen molar-refractivity contribution < 1.29 is 9.53 Å². The molecular formula is C13H17ClO2. The van der Waals surface area contributed by atoms with Gasteiger partial charge in [-0.3, -0.25) is 4.79 Å². The van der Waals surface area contributed by atoms with E-state index < -0.39 is 5.38 Å². The minimum absolute atomic E-state index is 0.0157. The molecule has 0 bridgehead atoms. The standard InChI is InChI=1S/C13H17ClO2/c1-5-11(14)12(15)10-6-8(2)13(16-4)9(3)7-10/h6-7,11H,5H2,1-4H3. The van der Waals surface area contributed by atoms with E-state index in [0.29, 0.717) is 12.0 Å². The van der Waals surface area contributed by atoms with E-state index in [1.165, 1.54) is 0 Å². The first-order chi connectivity index (χ1) is 7.51. The third kappa shape index (κ3) is 2.56. The molecule has 0 N–H and O–H groups in total. The zero-order chi connectivity index (χ0) is 12.3. The lowest BCUT2D eigenvalue weighted by Crippen LogP contribution is -2.14. The van der Waals surface area contributed by atoms with Crippen molar-refractivity contribution in [3.63, 3.8) is 0 Å². The first-order valence-corrected chi connectivity index (χ1v) is 5.78. The van der Waals surface area contributed by atoms with Gasteiger partial charge in [-0.25, -0.2) is 0 Å². The van der Waals surface area contributed by atoms with Crippen LogP contribution in [-0.2, 0) is 0 Å². The van der Waals surface area contributed by atoms with Gasteiger partial charge < -0.3 is 4.74 Å². The topological polar surface area (TPSA) is 26.3 Å². The highest BCUT2D eigenvalue weighted by molar-refractivity contribution is 6.33. The zero-order valence-electron chi connectivity index (χ0n) is 10.1. The lowest BCUT2D eigenvalue weighted by atomic mass is 10.0. The quantitative estimate of drug-likeness (QED) is 0.595. The number of aryl methyl sites for hydroxylation is 2. The number of methoxy groups -OCH3 is 1. The molecule has 0 aliphatic heterocycles. The summed E-state index contributed by atoms with van der Waals surface area (Å²) >= 11 is 5.95. The summed E-state index contributed by atoms with van der Waals surface area (Å²) in [5.74, 6) is 0.817. The number of rotatable bonds is 4. The Bertz CT molecular complexity index is 376. The maximum Gasteiger partial charge on any atom is 0.180 e. The molecule has 1 atom stereocenters. The summed E-state index contributed by atoms with van der Waals surface area (Å²) in [7, 11) is 1.63. The Balaban J connectivity index is 3.13. The third-order valence-electron chi connectivity index (χ3n) is 2.59. The van der Waals surface area contributed by atoms with Crippen molar-refractivity contribution in [1.29, 1.82) is 0 Å². The molecule has 1 unspecified atom stereocenters. The number of Topliss-reactive ketones (excluding diaryl/α,β-unsaturated/α-hetero) is 1. The molecule has 1 rings (SSSR count). The van der Waals surface area contributed by atoms with Crippen LogP contribution in [0.25, 0.3) is 0 Å². The van der Waals surface area contributed by atoms with Crippen LogP contribution in [0.5, 0.6) is 5.75 Å². The average Bonchev–Trinajstić information content (AvgIpc) is 2.26. The van der Waals surface area contributed by atoms with Gasteiger partial charge in [-0.05, 0) is 43.5 Å². The highest BCUT2D eigenvalue weighted by Crippen LogP contribution is 2.25. The molecule has 88 valence electrons. The van der Waals surface area contributed by atoms with Crippen LogP contribution in [0.1, 0.15) is 34.8 Å². The molecule has 1 aromatic rings. The SMILES string of the molecule is CCC(Cl)C(=O)c1cc(C)c(OC)c(C)c1. The van der Waals surface area contributed by atoms with Crippen LogP contribution in [-0.4, -0.2) is 18.3 Å². The summed E-state index contributed by atoms with van der Waals surface area (Å²) in [5, 5.41) is -0.438. The van der Waals surface area contributed by atoms with Crippen molar-refractivity contribution in [2.45, 2.75) is 32.6 Å². The molecule has 3 heteroatoms. The average molecular weight is 241 g/mol. The van der Waals surface area contributed by atoms with Gasteiger partial charge in [-0.2, -0.15) is 0 Å². The Morgan fingerprint density at radius 1 is 1.38 bits per heavy atom. The fourth-order valence-corrected chi connectivity index (χ4v) is 1.91. The van der Waals surface area contributed by atoms with Crippen molar-refractivity contribution in [1.82, 2.24) is 0 Å². The largest absolute Gasteiger partial charge is 0.496 e. The second-order valence-electron chi connectivity index (χ2n) is 3.88. The molecule has 0 radical (unpaired) electrons. The smallest absolute Gasteiger partial charge is 0.180 e. The van der Waals surface area contributed by atoms with Crippen molar-refractivity contribution >= 4 is 17.4 Å². The fraction of sp³-hybridized carbons (Fsp3) is 0.462. The summed E-state index contributed by atoms with van der Waals surface area (Å²) in [6.45, 7) is 5.76. The maximum atomic E-state index is 11.9. The van der Waals surface area contributed by atoms with Crippen LogP contribution in [0.15, 0.2) is 12.1 Å². The van der Waals surface area contributed by atoms with E-state index in [1.807, 2.05) is 32.9 Å². The summed E-state index contributed by atoms with van der Waals surface area (Å²) in [5.41, 5.74) is 2.59. The van der Waals surface area contributed by atoms with Crippen LogP contribution in [0.3, 0.4) is 0 Å². The van der Waals surface area contributed by atoms with Crippen molar-refractivity contribution in [2.24, 2.45) is 0 Å². The number of ether oxygens (including phenoxy) is 1. The molecule has 0 saturated carbocycles. The van der Waals surface area contributed by atoms with Crippen molar-refractivity contribution in [3.8, 4) is 5.75 Å². The Kier molecular flexibility index (Phi) is 4.36. The number of carbonyl (C=O) groups excluding carboxylic acids is 1. The van der Waals surface area contributed by atoms with E-state index in [9.17, 15) is 4.79 Å².